The number of guanidine groups is 1. The first-order valence-corrected chi connectivity index (χ1v) is 3.87. The molecule has 0 bridgehead atoms. The van der Waals surface area contributed by atoms with E-state index in [9.17, 15) is 0 Å². The molecular formula is C7H10N6. The highest BCUT2D eigenvalue weighted by Gasteiger charge is 2.39. The molecule has 0 saturated heterocycles. The van der Waals surface area contributed by atoms with E-state index in [4.69, 9.17) is 11.5 Å². The number of rotatable bonds is 0. The van der Waals surface area contributed by atoms with Gasteiger partial charge < -0.3 is 5.73 Å². The van der Waals surface area contributed by atoms with Crippen molar-refractivity contribution in [2.45, 2.75) is 19.6 Å². The number of amidine groups is 1. The van der Waals surface area contributed by atoms with Gasteiger partial charge in [-0.25, -0.2) is 15.0 Å². The molecule has 0 radical (unpaired) electrons. The fourth-order valence-electron chi connectivity index (χ4n) is 1.42. The Morgan fingerprint density at radius 3 is 2.54 bits per heavy atom. The third-order valence-corrected chi connectivity index (χ3v) is 1.86. The smallest absolute Gasteiger partial charge is 0.253 e. The van der Waals surface area contributed by atoms with Crippen molar-refractivity contribution >= 4 is 23.2 Å². The van der Waals surface area contributed by atoms with Crippen LogP contribution in [0.5, 0.6) is 0 Å². The normalized spacial score (nSPS) is 31.6. The first-order valence-electron chi connectivity index (χ1n) is 3.87. The minimum absolute atomic E-state index is 0.150. The summed E-state index contributed by atoms with van der Waals surface area (Å²) >= 11 is 0. The number of nitrogens with two attached hydrogens (primary N) is 2. The average molecular weight is 178 g/mol. The molecule has 0 aliphatic carbocycles. The Morgan fingerprint density at radius 2 is 1.85 bits per heavy atom. The van der Waals surface area contributed by atoms with Gasteiger partial charge in [0.25, 0.3) is 5.79 Å². The predicted molar refractivity (Wildman–Crippen MR) is 52.2 cm³/mol. The number of fused-ring (bicyclic) bond motifs is 1. The van der Waals surface area contributed by atoms with Crippen LogP contribution in [0.1, 0.15) is 13.8 Å². The molecule has 1 atom stereocenters. The lowest BCUT2D eigenvalue weighted by Gasteiger charge is -2.21. The fourth-order valence-corrected chi connectivity index (χ4v) is 1.42. The summed E-state index contributed by atoms with van der Waals surface area (Å²) in [5, 5.41) is 0. The van der Waals surface area contributed by atoms with E-state index in [-0.39, 0.29) is 5.96 Å². The average Bonchev–Trinajstić information content (AvgIpc) is 2.23. The highest BCUT2D eigenvalue weighted by atomic mass is 15.3. The van der Waals surface area contributed by atoms with Gasteiger partial charge in [0.1, 0.15) is 11.5 Å². The summed E-state index contributed by atoms with van der Waals surface area (Å²) in [4.78, 5) is 16.1. The summed E-state index contributed by atoms with van der Waals surface area (Å²) in [6.07, 6.45) is 0. The second-order valence-corrected chi connectivity index (χ2v) is 3.01. The molecule has 6 heteroatoms. The van der Waals surface area contributed by atoms with Gasteiger partial charge >= 0.3 is 0 Å². The van der Waals surface area contributed by atoms with Crippen LogP contribution in [-0.2, 0) is 0 Å². The van der Waals surface area contributed by atoms with Crippen LogP contribution in [-0.4, -0.2) is 29.0 Å². The van der Waals surface area contributed by atoms with Crippen LogP contribution in [0.15, 0.2) is 20.0 Å². The van der Waals surface area contributed by atoms with E-state index in [2.05, 4.69) is 20.0 Å². The molecule has 2 rings (SSSR count). The lowest BCUT2D eigenvalue weighted by Crippen LogP contribution is -2.49. The molecule has 6 nitrogen and oxygen atoms in total. The van der Waals surface area contributed by atoms with Crippen LogP contribution in [0.3, 0.4) is 0 Å². The fraction of sp³-hybridized carbons (Fsp3) is 0.429. The van der Waals surface area contributed by atoms with Crippen LogP contribution in [0.4, 0.5) is 0 Å². The molecule has 2 heterocycles. The van der Waals surface area contributed by atoms with Crippen LogP contribution in [0.2, 0.25) is 0 Å². The lowest BCUT2D eigenvalue weighted by molar-refractivity contribution is 0.642. The standard InChI is InChI=1S/C7H10N6/c1-3-5-7(9,12-4(2)11-5)13-6(8)10-3/h9H2,1-2H3,(H2,8,13). The van der Waals surface area contributed by atoms with Crippen molar-refractivity contribution < 1.29 is 0 Å². The van der Waals surface area contributed by atoms with Gasteiger partial charge in [0.05, 0.1) is 5.71 Å². The van der Waals surface area contributed by atoms with Crippen LogP contribution in [0.25, 0.3) is 0 Å². The third-order valence-electron chi connectivity index (χ3n) is 1.86. The minimum Gasteiger partial charge on any atom is -0.368 e. The Balaban J connectivity index is 2.58. The molecule has 2 aliphatic rings. The summed E-state index contributed by atoms with van der Waals surface area (Å²) < 4.78 is 0. The lowest BCUT2D eigenvalue weighted by atomic mass is 10.1. The van der Waals surface area contributed by atoms with E-state index in [1.807, 2.05) is 0 Å². The van der Waals surface area contributed by atoms with E-state index in [1.54, 1.807) is 13.8 Å². The van der Waals surface area contributed by atoms with Gasteiger partial charge in [-0.2, -0.15) is 4.99 Å². The number of nitrogens with zero attached hydrogens (tertiary/aromatic N) is 4. The summed E-state index contributed by atoms with van der Waals surface area (Å²) in [5.74, 6) is -0.372. The summed E-state index contributed by atoms with van der Waals surface area (Å²) in [5.41, 5.74) is 12.6. The quantitative estimate of drug-likeness (QED) is 0.510. The maximum Gasteiger partial charge on any atom is 0.253 e. The largest absolute Gasteiger partial charge is 0.368 e. The van der Waals surface area contributed by atoms with Crippen LogP contribution in [0, 0.1) is 0 Å². The van der Waals surface area contributed by atoms with Gasteiger partial charge in [-0.15, -0.1) is 0 Å². The van der Waals surface area contributed by atoms with Gasteiger partial charge in [-0.3, -0.25) is 5.73 Å². The van der Waals surface area contributed by atoms with Crippen molar-refractivity contribution in [3.05, 3.63) is 0 Å². The SMILES string of the molecule is CC1=NC2(N)N=C(N)N=C(C)C2=N1. The highest BCUT2D eigenvalue weighted by Crippen LogP contribution is 2.19. The summed E-state index contributed by atoms with van der Waals surface area (Å²) in [7, 11) is 0. The van der Waals surface area contributed by atoms with Gasteiger partial charge in [0, 0.05) is 0 Å². The van der Waals surface area contributed by atoms with Crippen molar-refractivity contribution in [1.29, 1.82) is 0 Å². The molecule has 0 amide bonds. The first-order chi connectivity index (χ1) is 6.01. The Morgan fingerprint density at radius 1 is 1.15 bits per heavy atom. The summed E-state index contributed by atoms with van der Waals surface area (Å²) in [6, 6.07) is 0. The van der Waals surface area contributed by atoms with Crippen molar-refractivity contribution in [3.8, 4) is 0 Å². The van der Waals surface area contributed by atoms with E-state index in [1.165, 1.54) is 0 Å². The molecule has 0 fully saturated rings. The molecule has 68 valence electrons. The van der Waals surface area contributed by atoms with Crippen molar-refractivity contribution in [3.63, 3.8) is 0 Å². The number of hydrogen-bond donors (Lipinski definition) is 2. The molecule has 0 spiro atoms. The molecular weight excluding hydrogens is 168 g/mol. The van der Waals surface area contributed by atoms with E-state index < -0.39 is 5.79 Å². The zero-order valence-electron chi connectivity index (χ0n) is 7.44. The first kappa shape index (κ1) is 8.06. The molecule has 4 N–H and O–H groups in total. The van der Waals surface area contributed by atoms with Gasteiger partial charge in [-0.1, -0.05) is 0 Å². The maximum atomic E-state index is 5.87. The molecule has 0 saturated carbocycles. The predicted octanol–water partition coefficient (Wildman–Crippen LogP) is -0.739. The number of aliphatic imine (C=N–C) groups is 4. The van der Waals surface area contributed by atoms with Gasteiger partial charge in [-0.05, 0) is 13.8 Å². The molecule has 2 aliphatic heterocycles. The van der Waals surface area contributed by atoms with E-state index >= 15 is 0 Å². The Labute approximate surface area is 75.2 Å². The summed E-state index contributed by atoms with van der Waals surface area (Å²) in [6.45, 7) is 3.55. The van der Waals surface area contributed by atoms with E-state index in [0.717, 1.165) is 0 Å². The monoisotopic (exact) mass is 178 g/mol. The Kier molecular flexibility index (Phi) is 1.38. The molecule has 1 unspecified atom stereocenters. The highest BCUT2D eigenvalue weighted by molar-refractivity contribution is 6.49. The van der Waals surface area contributed by atoms with Crippen molar-refractivity contribution in [2.24, 2.45) is 31.4 Å². The zero-order chi connectivity index (χ0) is 9.64. The number of hydrogen-bond acceptors (Lipinski definition) is 6. The maximum absolute atomic E-state index is 5.87. The van der Waals surface area contributed by atoms with Crippen molar-refractivity contribution in [1.82, 2.24) is 0 Å². The topological polar surface area (TPSA) is 101 Å². The van der Waals surface area contributed by atoms with Gasteiger partial charge in [0.2, 0.25) is 5.96 Å². The van der Waals surface area contributed by atoms with Crippen LogP contribution >= 0.6 is 0 Å². The Bertz CT molecular complexity index is 388. The third kappa shape index (κ3) is 1.06. The zero-order valence-corrected chi connectivity index (χ0v) is 7.44. The van der Waals surface area contributed by atoms with Gasteiger partial charge in [0.15, 0.2) is 0 Å². The second-order valence-electron chi connectivity index (χ2n) is 3.01. The molecule has 0 aromatic heterocycles. The second kappa shape index (κ2) is 2.23. The van der Waals surface area contributed by atoms with E-state index in [0.29, 0.717) is 17.3 Å². The van der Waals surface area contributed by atoms with Crippen molar-refractivity contribution in [2.75, 3.05) is 0 Å². The molecule has 13 heavy (non-hydrogen) atoms. The minimum atomic E-state index is -1.12. The van der Waals surface area contributed by atoms with Crippen LogP contribution < -0.4 is 11.5 Å². The molecule has 0 aromatic carbocycles. The Hall–Kier alpha value is -1.56. The molecule has 0 aromatic rings.